The Bertz CT molecular complexity index is 328. The largest absolute Gasteiger partial charge is 0.460 e. The van der Waals surface area contributed by atoms with Crippen molar-refractivity contribution in [3.8, 4) is 0 Å². The van der Waals surface area contributed by atoms with E-state index in [9.17, 15) is 52.7 Å². The first-order valence-electron chi connectivity index (χ1n) is 3.80. The molecular formula is C6HBrF12. The van der Waals surface area contributed by atoms with Crippen LogP contribution in [0.2, 0.25) is 0 Å². The van der Waals surface area contributed by atoms with E-state index in [0.29, 0.717) is 0 Å². The molecule has 0 aliphatic heterocycles. The second-order valence-corrected chi connectivity index (χ2v) is 3.95. The summed E-state index contributed by atoms with van der Waals surface area (Å²) in [4.78, 5) is 0. The molecule has 0 bridgehead atoms. The van der Waals surface area contributed by atoms with Crippen LogP contribution in [0.5, 0.6) is 0 Å². The fourth-order valence-corrected chi connectivity index (χ4v) is 1.01. The molecular weight excluding hydrogens is 380 g/mol. The summed E-state index contributed by atoms with van der Waals surface area (Å²) in [6, 6.07) is 0. The van der Waals surface area contributed by atoms with Gasteiger partial charge in [0.05, 0.1) is 0 Å². The third kappa shape index (κ3) is 2.49. The number of halogens is 13. The molecule has 1 atom stereocenters. The first kappa shape index (κ1) is 18.6. The molecule has 116 valence electrons. The first-order chi connectivity index (χ1) is 7.94. The van der Waals surface area contributed by atoms with Gasteiger partial charge in [-0.25, -0.2) is 4.39 Å². The predicted molar refractivity (Wildman–Crippen MR) is 39.7 cm³/mol. The topological polar surface area (TPSA) is 0 Å². The van der Waals surface area contributed by atoms with Crippen LogP contribution in [0.15, 0.2) is 0 Å². The van der Waals surface area contributed by atoms with Crippen LogP contribution < -0.4 is 0 Å². The van der Waals surface area contributed by atoms with Crippen molar-refractivity contribution in [2.45, 2.75) is 34.9 Å². The number of rotatable bonds is 4. The summed E-state index contributed by atoms with van der Waals surface area (Å²) in [7, 11) is 0. The van der Waals surface area contributed by atoms with Crippen molar-refractivity contribution in [3.05, 3.63) is 0 Å². The smallest absolute Gasteiger partial charge is 0.228 e. The van der Waals surface area contributed by atoms with Gasteiger partial charge in [0.15, 0.2) is 0 Å². The second kappa shape index (κ2) is 4.58. The Kier molecular flexibility index (Phi) is 4.50. The summed E-state index contributed by atoms with van der Waals surface area (Å²) in [5, 5.41) is -4.27. The van der Waals surface area contributed by atoms with Gasteiger partial charge in [-0.3, -0.25) is 0 Å². The second-order valence-electron chi connectivity index (χ2n) is 3.14. The van der Waals surface area contributed by atoms with Gasteiger partial charge in [0.25, 0.3) is 0 Å². The van der Waals surface area contributed by atoms with E-state index < -0.39 is 34.9 Å². The summed E-state index contributed by atoms with van der Waals surface area (Å²) < 4.78 is 146. The third-order valence-corrected chi connectivity index (χ3v) is 2.41. The highest BCUT2D eigenvalue weighted by atomic mass is 79.9. The van der Waals surface area contributed by atoms with Crippen LogP contribution in [-0.2, 0) is 0 Å². The Hall–Kier alpha value is -0.360. The molecule has 0 saturated carbocycles. The fraction of sp³-hybridized carbons (Fsp3) is 1.00. The van der Waals surface area contributed by atoms with Crippen LogP contribution in [0.1, 0.15) is 0 Å². The lowest BCUT2D eigenvalue weighted by Gasteiger charge is -2.37. The molecule has 1 unspecified atom stereocenters. The van der Waals surface area contributed by atoms with Crippen LogP contribution in [-0.4, -0.2) is 34.9 Å². The summed E-state index contributed by atoms with van der Waals surface area (Å²) in [5.41, 5.74) is 0. The zero-order chi connectivity index (χ0) is 16.1. The average Bonchev–Trinajstić information content (AvgIpc) is 2.14. The summed E-state index contributed by atoms with van der Waals surface area (Å²) >= 11 is 1.09. The van der Waals surface area contributed by atoms with Crippen molar-refractivity contribution < 1.29 is 52.7 Å². The van der Waals surface area contributed by atoms with Crippen LogP contribution >= 0.6 is 15.9 Å². The predicted octanol–water partition coefficient (Wildman–Crippen LogP) is 4.78. The molecule has 0 amide bonds. The molecule has 0 fully saturated rings. The lowest BCUT2D eigenvalue weighted by molar-refractivity contribution is -0.423. The Balaban J connectivity index is 5.92. The maximum atomic E-state index is 12.5. The molecule has 0 aromatic heterocycles. The standard InChI is InChI=1S/C6HBrF12/c7-1(8)2(9,10)3(11,12)4(13,14)5(15,16)6(17,18)19/h1H. The van der Waals surface area contributed by atoms with Crippen molar-refractivity contribution >= 4 is 15.9 Å². The van der Waals surface area contributed by atoms with E-state index in [4.69, 9.17) is 0 Å². The van der Waals surface area contributed by atoms with Gasteiger partial charge in [-0.1, -0.05) is 0 Å². The van der Waals surface area contributed by atoms with E-state index in [2.05, 4.69) is 0 Å². The Labute approximate surface area is 104 Å². The minimum atomic E-state index is -7.57. The summed E-state index contributed by atoms with van der Waals surface area (Å²) in [6.07, 6.45) is -7.24. The van der Waals surface area contributed by atoms with Gasteiger partial charge in [0.2, 0.25) is 5.08 Å². The molecule has 0 aliphatic carbocycles. The Morgan fingerprint density at radius 2 is 0.895 bits per heavy atom. The van der Waals surface area contributed by atoms with Gasteiger partial charge in [-0.2, -0.15) is 48.3 Å². The minimum Gasteiger partial charge on any atom is -0.228 e. The van der Waals surface area contributed by atoms with Crippen LogP contribution in [0, 0.1) is 0 Å². The zero-order valence-corrected chi connectivity index (χ0v) is 9.58. The molecule has 0 radical (unpaired) electrons. The van der Waals surface area contributed by atoms with Gasteiger partial charge in [0, 0.05) is 0 Å². The molecule has 0 aromatic carbocycles. The molecule has 0 nitrogen and oxygen atoms in total. The molecule has 0 spiro atoms. The van der Waals surface area contributed by atoms with E-state index in [0.717, 1.165) is 15.9 Å². The Morgan fingerprint density at radius 1 is 0.579 bits per heavy atom. The maximum absolute atomic E-state index is 12.5. The van der Waals surface area contributed by atoms with Crippen molar-refractivity contribution in [1.29, 1.82) is 0 Å². The van der Waals surface area contributed by atoms with E-state index in [-0.39, 0.29) is 0 Å². The average molecular weight is 381 g/mol. The Morgan fingerprint density at radius 3 is 1.11 bits per heavy atom. The van der Waals surface area contributed by atoms with Gasteiger partial charge < -0.3 is 0 Å². The van der Waals surface area contributed by atoms with Crippen molar-refractivity contribution in [2.24, 2.45) is 0 Å². The highest BCUT2D eigenvalue weighted by Gasteiger charge is 2.88. The lowest BCUT2D eigenvalue weighted by atomic mass is 9.99. The van der Waals surface area contributed by atoms with Crippen LogP contribution in [0.4, 0.5) is 52.7 Å². The monoisotopic (exact) mass is 380 g/mol. The van der Waals surface area contributed by atoms with Gasteiger partial charge >= 0.3 is 29.9 Å². The molecule has 0 rings (SSSR count). The molecule has 0 aromatic rings. The van der Waals surface area contributed by atoms with Crippen LogP contribution in [0.25, 0.3) is 0 Å². The summed E-state index contributed by atoms with van der Waals surface area (Å²) in [5.74, 6) is -28.9. The highest BCUT2D eigenvalue weighted by molar-refractivity contribution is 9.09. The molecule has 0 aliphatic rings. The normalized spacial score (nSPS) is 17.5. The fourth-order valence-electron chi connectivity index (χ4n) is 0.722. The number of alkyl halides is 13. The third-order valence-electron chi connectivity index (χ3n) is 1.84. The number of hydrogen-bond acceptors (Lipinski definition) is 0. The van der Waals surface area contributed by atoms with Crippen LogP contribution in [0.3, 0.4) is 0 Å². The molecule has 13 heteroatoms. The minimum absolute atomic E-state index is 1.09. The highest BCUT2D eigenvalue weighted by Crippen LogP contribution is 2.58. The van der Waals surface area contributed by atoms with Crippen molar-refractivity contribution in [2.75, 3.05) is 0 Å². The molecule has 19 heavy (non-hydrogen) atoms. The lowest BCUT2D eigenvalue weighted by Crippen LogP contribution is -2.67. The van der Waals surface area contributed by atoms with E-state index in [1.165, 1.54) is 0 Å². The van der Waals surface area contributed by atoms with E-state index >= 15 is 0 Å². The SMILES string of the molecule is FC(Br)C(F)(F)C(F)(F)C(F)(F)C(F)(F)C(F)(F)F. The number of hydrogen-bond donors (Lipinski definition) is 0. The van der Waals surface area contributed by atoms with Gasteiger partial charge in [0.1, 0.15) is 0 Å². The molecule has 0 heterocycles. The van der Waals surface area contributed by atoms with E-state index in [1.807, 2.05) is 0 Å². The van der Waals surface area contributed by atoms with Gasteiger partial charge in [-0.15, -0.1) is 0 Å². The van der Waals surface area contributed by atoms with Crippen molar-refractivity contribution in [1.82, 2.24) is 0 Å². The summed E-state index contributed by atoms with van der Waals surface area (Å²) in [6.45, 7) is 0. The maximum Gasteiger partial charge on any atom is 0.460 e. The quantitative estimate of drug-likeness (QED) is 0.486. The van der Waals surface area contributed by atoms with Gasteiger partial charge in [-0.05, 0) is 15.9 Å². The molecule has 0 N–H and O–H groups in total. The molecule has 0 saturated heterocycles. The first-order valence-corrected chi connectivity index (χ1v) is 4.72. The van der Waals surface area contributed by atoms with Crippen molar-refractivity contribution in [3.63, 3.8) is 0 Å². The van der Waals surface area contributed by atoms with E-state index in [1.54, 1.807) is 0 Å². The zero-order valence-electron chi connectivity index (χ0n) is 7.99.